The molecule has 5 heteroatoms. The summed E-state index contributed by atoms with van der Waals surface area (Å²) < 4.78 is 15.6. The molecule has 0 saturated carbocycles. The molecule has 0 heterocycles. The number of hydrogen-bond acceptors (Lipinski definition) is 4. The van der Waals surface area contributed by atoms with Crippen molar-refractivity contribution in [2.24, 2.45) is 5.73 Å². The van der Waals surface area contributed by atoms with E-state index in [0.29, 0.717) is 23.8 Å². The molecule has 0 unspecified atom stereocenters. The summed E-state index contributed by atoms with van der Waals surface area (Å²) in [6.07, 6.45) is 0.788. The first-order valence-electron chi connectivity index (χ1n) is 4.75. The average Bonchev–Trinajstić information content (AvgIpc) is 2.28. The number of rotatable bonds is 5. The van der Waals surface area contributed by atoms with Gasteiger partial charge < -0.3 is 19.9 Å². The van der Waals surface area contributed by atoms with Crippen molar-refractivity contribution in [3.05, 3.63) is 17.7 Å². The number of methoxy groups -OCH3 is 3. The molecule has 0 bridgehead atoms. The summed E-state index contributed by atoms with van der Waals surface area (Å²) >= 11 is 0. The van der Waals surface area contributed by atoms with Gasteiger partial charge in [-0.2, -0.15) is 0 Å². The summed E-state index contributed by atoms with van der Waals surface area (Å²) in [6.45, 7) is 0.596. The maximum Gasteiger partial charge on any atom is 0.203 e. The van der Waals surface area contributed by atoms with Crippen molar-refractivity contribution in [3.63, 3.8) is 0 Å². The van der Waals surface area contributed by atoms with Crippen LogP contribution in [-0.2, 0) is 6.42 Å². The van der Waals surface area contributed by atoms with E-state index < -0.39 is 0 Å². The van der Waals surface area contributed by atoms with Gasteiger partial charge in [0, 0.05) is 0 Å². The average molecular weight is 292 g/mol. The standard InChI is InChI=1S/C11H17NO3.BrH/c1-13-9-6-8(4-5-12)7-10(14-2)11(9)15-3;/h6-7H,4-5,12H2,1-3H3;1H. The molecule has 16 heavy (non-hydrogen) atoms. The van der Waals surface area contributed by atoms with Crippen molar-refractivity contribution < 1.29 is 14.2 Å². The zero-order chi connectivity index (χ0) is 11.3. The van der Waals surface area contributed by atoms with Gasteiger partial charge in [0.05, 0.1) is 21.3 Å². The largest absolute Gasteiger partial charge is 0.493 e. The summed E-state index contributed by atoms with van der Waals surface area (Å²) in [7, 11) is 4.79. The quantitative estimate of drug-likeness (QED) is 0.899. The van der Waals surface area contributed by atoms with Gasteiger partial charge in [0.25, 0.3) is 0 Å². The highest BCUT2D eigenvalue weighted by atomic mass is 79.9. The molecule has 1 aromatic rings. The van der Waals surface area contributed by atoms with Crippen LogP contribution in [0.5, 0.6) is 17.2 Å². The first-order chi connectivity index (χ1) is 7.26. The third kappa shape index (κ3) is 3.28. The molecule has 1 aromatic carbocycles. The van der Waals surface area contributed by atoms with Gasteiger partial charge in [-0.25, -0.2) is 0 Å². The minimum absolute atomic E-state index is 0. The zero-order valence-electron chi connectivity index (χ0n) is 9.78. The van der Waals surface area contributed by atoms with E-state index >= 15 is 0 Å². The van der Waals surface area contributed by atoms with E-state index in [-0.39, 0.29) is 17.0 Å². The Bertz CT molecular complexity index is 306. The van der Waals surface area contributed by atoms with Crippen LogP contribution in [0.3, 0.4) is 0 Å². The summed E-state index contributed by atoms with van der Waals surface area (Å²) in [5.74, 6) is 1.95. The van der Waals surface area contributed by atoms with Crippen LogP contribution in [0.15, 0.2) is 12.1 Å². The second-order valence-electron chi connectivity index (χ2n) is 3.07. The second-order valence-corrected chi connectivity index (χ2v) is 3.07. The molecule has 0 spiro atoms. The van der Waals surface area contributed by atoms with E-state index in [4.69, 9.17) is 19.9 Å². The van der Waals surface area contributed by atoms with Crippen molar-refractivity contribution in [1.29, 1.82) is 0 Å². The number of nitrogens with two attached hydrogens (primary N) is 1. The van der Waals surface area contributed by atoms with Crippen LogP contribution in [0, 0.1) is 0 Å². The molecule has 0 aliphatic carbocycles. The third-order valence-corrected chi connectivity index (χ3v) is 2.16. The van der Waals surface area contributed by atoms with Gasteiger partial charge in [-0.1, -0.05) is 0 Å². The predicted octanol–water partition coefficient (Wildman–Crippen LogP) is 1.79. The Hall–Kier alpha value is -0.940. The first-order valence-corrected chi connectivity index (χ1v) is 4.75. The smallest absolute Gasteiger partial charge is 0.203 e. The van der Waals surface area contributed by atoms with Crippen LogP contribution in [0.2, 0.25) is 0 Å². The van der Waals surface area contributed by atoms with Crippen molar-refractivity contribution >= 4 is 17.0 Å². The molecule has 2 N–H and O–H groups in total. The van der Waals surface area contributed by atoms with Gasteiger partial charge in [-0.05, 0) is 30.7 Å². The molecule has 0 fully saturated rings. The maximum absolute atomic E-state index is 5.50. The maximum atomic E-state index is 5.50. The van der Waals surface area contributed by atoms with Crippen LogP contribution >= 0.6 is 17.0 Å². The Morgan fingerprint density at radius 3 is 1.81 bits per heavy atom. The molecule has 92 valence electrons. The lowest BCUT2D eigenvalue weighted by molar-refractivity contribution is 0.324. The monoisotopic (exact) mass is 291 g/mol. The summed E-state index contributed by atoms with van der Waals surface area (Å²) in [5, 5.41) is 0. The fourth-order valence-corrected chi connectivity index (χ4v) is 1.45. The predicted molar refractivity (Wildman–Crippen MR) is 69.2 cm³/mol. The minimum Gasteiger partial charge on any atom is -0.493 e. The number of hydrogen-bond donors (Lipinski definition) is 1. The van der Waals surface area contributed by atoms with Crippen LogP contribution in [-0.4, -0.2) is 27.9 Å². The molecule has 0 aliphatic heterocycles. The highest BCUT2D eigenvalue weighted by Gasteiger charge is 2.12. The minimum atomic E-state index is 0. The molecule has 0 saturated heterocycles. The Labute approximate surface area is 106 Å². The third-order valence-electron chi connectivity index (χ3n) is 2.16. The zero-order valence-corrected chi connectivity index (χ0v) is 11.5. The van der Waals surface area contributed by atoms with E-state index in [2.05, 4.69) is 0 Å². The second kappa shape index (κ2) is 7.35. The van der Waals surface area contributed by atoms with Crippen LogP contribution in [0.1, 0.15) is 5.56 Å². The van der Waals surface area contributed by atoms with Crippen molar-refractivity contribution in [1.82, 2.24) is 0 Å². The van der Waals surface area contributed by atoms with Gasteiger partial charge in [-0.3, -0.25) is 0 Å². The van der Waals surface area contributed by atoms with E-state index in [0.717, 1.165) is 12.0 Å². The molecular weight excluding hydrogens is 274 g/mol. The van der Waals surface area contributed by atoms with E-state index in [9.17, 15) is 0 Å². The molecular formula is C11H18BrNO3. The molecule has 1 rings (SSSR count). The van der Waals surface area contributed by atoms with Gasteiger partial charge in [0.2, 0.25) is 5.75 Å². The molecule has 0 radical (unpaired) electrons. The number of benzene rings is 1. The molecule has 4 nitrogen and oxygen atoms in total. The topological polar surface area (TPSA) is 53.7 Å². The lowest BCUT2D eigenvalue weighted by Crippen LogP contribution is -2.04. The SMILES string of the molecule is Br.COc1cc(CCN)cc(OC)c1OC. The first kappa shape index (κ1) is 15.1. The Kier molecular flexibility index (Phi) is 6.92. The number of ether oxygens (including phenoxy) is 3. The lowest BCUT2D eigenvalue weighted by atomic mass is 10.1. The van der Waals surface area contributed by atoms with Gasteiger partial charge in [0.1, 0.15) is 0 Å². The molecule has 0 aromatic heterocycles. The highest BCUT2D eigenvalue weighted by Crippen LogP contribution is 2.38. The van der Waals surface area contributed by atoms with Crippen molar-refractivity contribution in [3.8, 4) is 17.2 Å². The van der Waals surface area contributed by atoms with E-state index in [1.807, 2.05) is 12.1 Å². The van der Waals surface area contributed by atoms with E-state index in [1.165, 1.54) is 0 Å². The van der Waals surface area contributed by atoms with Gasteiger partial charge in [-0.15, -0.1) is 17.0 Å². The summed E-state index contributed by atoms with van der Waals surface area (Å²) in [5.41, 5.74) is 6.58. The summed E-state index contributed by atoms with van der Waals surface area (Å²) in [4.78, 5) is 0. The molecule has 0 atom stereocenters. The molecule has 0 aliphatic rings. The fourth-order valence-electron chi connectivity index (χ4n) is 1.45. The Morgan fingerprint density at radius 2 is 1.50 bits per heavy atom. The van der Waals surface area contributed by atoms with Crippen molar-refractivity contribution in [2.75, 3.05) is 27.9 Å². The summed E-state index contributed by atoms with van der Waals surface area (Å²) in [6, 6.07) is 3.82. The Balaban J connectivity index is 0.00000225. The number of halogens is 1. The van der Waals surface area contributed by atoms with E-state index in [1.54, 1.807) is 21.3 Å². The lowest BCUT2D eigenvalue weighted by Gasteiger charge is -2.13. The molecule has 0 amide bonds. The van der Waals surface area contributed by atoms with Crippen molar-refractivity contribution in [2.45, 2.75) is 6.42 Å². The van der Waals surface area contributed by atoms with Crippen LogP contribution in [0.25, 0.3) is 0 Å². The van der Waals surface area contributed by atoms with Gasteiger partial charge >= 0.3 is 0 Å². The Morgan fingerprint density at radius 1 is 1.00 bits per heavy atom. The highest BCUT2D eigenvalue weighted by molar-refractivity contribution is 8.93. The fraction of sp³-hybridized carbons (Fsp3) is 0.455. The van der Waals surface area contributed by atoms with Crippen LogP contribution < -0.4 is 19.9 Å². The normalized spacial score (nSPS) is 9.25. The van der Waals surface area contributed by atoms with Gasteiger partial charge in [0.15, 0.2) is 11.5 Å². The van der Waals surface area contributed by atoms with Crippen LogP contribution in [0.4, 0.5) is 0 Å².